The molecule has 0 saturated heterocycles. The predicted molar refractivity (Wildman–Crippen MR) is 91.2 cm³/mol. The van der Waals surface area contributed by atoms with Gasteiger partial charge in [0.25, 0.3) is 0 Å². The van der Waals surface area contributed by atoms with Crippen LogP contribution in [-0.4, -0.2) is 45.4 Å². The molecule has 0 aromatic carbocycles. The van der Waals surface area contributed by atoms with Crippen molar-refractivity contribution in [3.05, 3.63) is 17.0 Å². The molecule has 132 valence electrons. The third kappa shape index (κ3) is 4.35. The van der Waals surface area contributed by atoms with Crippen LogP contribution in [0, 0.1) is 31.1 Å². The molecule has 0 radical (unpaired) electrons. The molecule has 1 aromatic heterocycles. The number of rotatable bonds is 7. The van der Waals surface area contributed by atoms with Crippen molar-refractivity contribution < 1.29 is 9.90 Å². The van der Waals surface area contributed by atoms with Gasteiger partial charge in [-0.25, -0.2) is 0 Å². The van der Waals surface area contributed by atoms with Gasteiger partial charge in [0.1, 0.15) is 0 Å². The smallest absolute Gasteiger partial charge is 0.222 e. The first kappa shape index (κ1) is 18.5. The van der Waals surface area contributed by atoms with Crippen LogP contribution in [0.3, 0.4) is 0 Å². The van der Waals surface area contributed by atoms with Crippen LogP contribution in [0.1, 0.15) is 49.1 Å². The van der Waals surface area contributed by atoms with E-state index in [1.807, 2.05) is 25.6 Å². The maximum absolute atomic E-state index is 12.4. The second-order valence-corrected chi connectivity index (χ2v) is 6.81. The molecule has 2 rings (SSSR count). The minimum atomic E-state index is -0.261. The topological polar surface area (TPSA) is 82.2 Å². The number of hydrogen-bond acceptors (Lipinski definition) is 4. The minimum Gasteiger partial charge on any atom is -0.393 e. The summed E-state index contributed by atoms with van der Waals surface area (Å²) >= 11 is 0. The second kappa shape index (κ2) is 8.29. The Kier molecular flexibility index (Phi) is 6.38. The van der Waals surface area contributed by atoms with E-state index in [1.165, 1.54) is 0 Å². The van der Waals surface area contributed by atoms with Crippen molar-refractivity contribution in [2.24, 2.45) is 5.92 Å². The molecule has 0 spiro atoms. The summed E-state index contributed by atoms with van der Waals surface area (Å²) in [4.78, 5) is 14.1. The normalized spacial score (nSPS) is 20.1. The Balaban J connectivity index is 1.89. The molecular weight excluding hydrogens is 304 g/mol. The number of aliphatic hydroxyl groups excluding tert-OH is 1. The van der Waals surface area contributed by atoms with Crippen LogP contribution < -0.4 is 0 Å². The number of aromatic nitrogens is 2. The van der Waals surface area contributed by atoms with E-state index >= 15 is 0 Å². The molecule has 24 heavy (non-hydrogen) atoms. The molecule has 1 amide bonds. The maximum atomic E-state index is 12.4. The third-order valence-corrected chi connectivity index (χ3v) is 5.11. The van der Waals surface area contributed by atoms with Crippen LogP contribution in [-0.2, 0) is 17.8 Å². The van der Waals surface area contributed by atoms with Gasteiger partial charge in [-0.05, 0) is 38.7 Å². The molecule has 6 nitrogen and oxygen atoms in total. The van der Waals surface area contributed by atoms with Crippen LogP contribution in [0.4, 0.5) is 0 Å². The lowest BCUT2D eigenvalue weighted by atomic mass is 10.0. The summed E-state index contributed by atoms with van der Waals surface area (Å²) < 4.78 is 1.86. The van der Waals surface area contributed by atoms with Gasteiger partial charge < -0.3 is 10.0 Å². The standard InChI is InChI=1S/C18H28N4O2/c1-13-16(14(2)22(20-13)11-5-10-19)8-9-18(24)21(3)12-15-6-4-7-17(15)23/h15,17,23H,4-9,11-12H2,1-3H3. The van der Waals surface area contributed by atoms with Gasteiger partial charge in [-0.15, -0.1) is 0 Å². The van der Waals surface area contributed by atoms with Gasteiger partial charge >= 0.3 is 0 Å². The lowest BCUT2D eigenvalue weighted by Gasteiger charge is -2.23. The summed E-state index contributed by atoms with van der Waals surface area (Å²) in [6.45, 7) is 5.18. The average molecular weight is 332 g/mol. The highest BCUT2D eigenvalue weighted by molar-refractivity contribution is 5.76. The third-order valence-electron chi connectivity index (χ3n) is 5.11. The first-order chi connectivity index (χ1) is 11.4. The summed E-state index contributed by atoms with van der Waals surface area (Å²) in [5.41, 5.74) is 3.09. The van der Waals surface area contributed by atoms with Gasteiger partial charge in [0.05, 0.1) is 30.8 Å². The van der Waals surface area contributed by atoms with E-state index in [0.717, 1.165) is 36.2 Å². The summed E-state index contributed by atoms with van der Waals surface area (Å²) in [7, 11) is 1.82. The number of aryl methyl sites for hydroxylation is 2. The van der Waals surface area contributed by atoms with Gasteiger partial charge in [0, 0.05) is 31.6 Å². The predicted octanol–water partition coefficient (Wildman–Crippen LogP) is 1.97. The number of carbonyl (C=O) groups excluding carboxylic acids is 1. The summed E-state index contributed by atoms with van der Waals surface area (Å²) in [6, 6.07) is 2.13. The van der Waals surface area contributed by atoms with E-state index < -0.39 is 0 Å². The van der Waals surface area contributed by atoms with Crippen molar-refractivity contribution in [2.75, 3.05) is 13.6 Å². The maximum Gasteiger partial charge on any atom is 0.222 e. The fourth-order valence-electron chi connectivity index (χ4n) is 3.58. The van der Waals surface area contributed by atoms with Gasteiger partial charge in [-0.2, -0.15) is 10.4 Å². The van der Waals surface area contributed by atoms with Crippen LogP contribution in [0.25, 0.3) is 0 Å². The van der Waals surface area contributed by atoms with E-state index in [4.69, 9.17) is 5.26 Å². The van der Waals surface area contributed by atoms with E-state index in [2.05, 4.69) is 11.2 Å². The minimum absolute atomic E-state index is 0.109. The first-order valence-corrected chi connectivity index (χ1v) is 8.76. The molecule has 0 aliphatic heterocycles. The Hall–Kier alpha value is -1.87. The number of nitriles is 1. The monoisotopic (exact) mass is 332 g/mol. The zero-order chi connectivity index (χ0) is 17.7. The van der Waals surface area contributed by atoms with Crippen LogP contribution >= 0.6 is 0 Å². The second-order valence-electron chi connectivity index (χ2n) is 6.81. The van der Waals surface area contributed by atoms with Crippen LogP contribution in [0.15, 0.2) is 0 Å². The van der Waals surface area contributed by atoms with Gasteiger partial charge in [-0.3, -0.25) is 9.48 Å². The average Bonchev–Trinajstić information content (AvgIpc) is 3.07. The van der Waals surface area contributed by atoms with Crippen molar-refractivity contribution >= 4 is 5.91 Å². The van der Waals surface area contributed by atoms with Crippen molar-refractivity contribution in [1.82, 2.24) is 14.7 Å². The van der Waals surface area contributed by atoms with Crippen molar-refractivity contribution in [2.45, 2.75) is 65.0 Å². The van der Waals surface area contributed by atoms with E-state index in [9.17, 15) is 9.90 Å². The quantitative estimate of drug-likeness (QED) is 0.827. The van der Waals surface area contributed by atoms with Crippen molar-refractivity contribution in [3.63, 3.8) is 0 Å². The Morgan fingerprint density at radius 1 is 1.46 bits per heavy atom. The first-order valence-electron chi connectivity index (χ1n) is 8.76. The van der Waals surface area contributed by atoms with E-state index in [1.54, 1.807) is 4.90 Å². The van der Waals surface area contributed by atoms with Crippen molar-refractivity contribution in [3.8, 4) is 6.07 Å². The van der Waals surface area contributed by atoms with Crippen LogP contribution in [0.2, 0.25) is 0 Å². The largest absolute Gasteiger partial charge is 0.393 e. The number of hydrogen-bond donors (Lipinski definition) is 1. The molecule has 1 aliphatic rings. The zero-order valence-electron chi connectivity index (χ0n) is 15.0. The highest BCUT2D eigenvalue weighted by atomic mass is 16.3. The number of carbonyl (C=O) groups is 1. The highest BCUT2D eigenvalue weighted by Crippen LogP contribution is 2.26. The Morgan fingerprint density at radius 3 is 2.83 bits per heavy atom. The Labute approximate surface area is 144 Å². The van der Waals surface area contributed by atoms with E-state index in [0.29, 0.717) is 32.4 Å². The van der Waals surface area contributed by atoms with Crippen molar-refractivity contribution in [1.29, 1.82) is 5.26 Å². The summed E-state index contributed by atoms with van der Waals surface area (Å²) in [6.07, 6.45) is 4.20. The number of aliphatic hydroxyl groups is 1. The number of nitrogens with zero attached hydrogens (tertiary/aromatic N) is 4. The number of amides is 1. The molecular formula is C18H28N4O2. The summed E-state index contributed by atoms with van der Waals surface area (Å²) in [5.74, 6) is 0.328. The molecule has 1 fully saturated rings. The van der Waals surface area contributed by atoms with Gasteiger partial charge in [-0.1, -0.05) is 6.42 Å². The van der Waals surface area contributed by atoms with Crippen LogP contribution in [0.5, 0.6) is 0 Å². The molecule has 1 aromatic rings. The molecule has 6 heteroatoms. The summed E-state index contributed by atoms with van der Waals surface area (Å²) in [5, 5.41) is 23.1. The van der Waals surface area contributed by atoms with Gasteiger partial charge in [0.2, 0.25) is 5.91 Å². The molecule has 1 N–H and O–H groups in total. The highest BCUT2D eigenvalue weighted by Gasteiger charge is 2.27. The molecule has 1 aliphatic carbocycles. The van der Waals surface area contributed by atoms with Gasteiger partial charge in [0.15, 0.2) is 0 Å². The molecule has 2 atom stereocenters. The Bertz CT molecular complexity index is 617. The zero-order valence-corrected chi connectivity index (χ0v) is 15.0. The Morgan fingerprint density at radius 2 is 2.21 bits per heavy atom. The van der Waals surface area contributed by atoms with E-state index in [-0.39, 0.29) is 17.9 Å². The lowest BCUT2D eigenvalue weighted by Crippen LogP contribution is -2.34. The lowest BCUT2D eigenvalue weighted by molar-refractivity contribution is -0.130. The fraction of sp³-hybridized carbons (Fsp3) is 0.722. The molecule has 1 saturated carbocycles. The molecule has 0 bridgehead atoms. The molecule has 2 unspecified atom stereocenters. The fourth-order valence-corrected chi connectivity index (χ4v) is 3.58. The molecule has 1 heterocycles. The SMILES string of the molecule is Cc1nn(CCC#N)c(C)c1CCC(=O)N(C)CC1CCCC1O.